The van der Waals surface area contributed by atoms with Crippen molar-refractivity contribution in [3.63, 3.8) is 0 Å². The van der Waals surface area contributed by atoms with E-state index in [1.165, 1.54) is 114 Å². The van der Waals surface area contributed by atoms with Gasteiger partial charge >= 0.3 is 0 Å². The molecule has 0 saturated heterocycles. The van der Waals surface area contributed by atoms with Crippen LogP contribution in [0.2, 0.25) is 0 Å². The van der Waals surface area contributed by atoms with Gasteiger partial charge in [-0.2, -0.15) is 0 Å². The first-order chi connectivity index (χ1) is 29.8. The van der Waals surface area contributed by atoms with Crippen LogP contribution in [0.15, 0.2) is 212 Å². The quantitative estimate of drug-likeness (QED) is 0.164. The number of rotatable bonds is 4. The third kappa shape index (κ3) is 4.77. The van der Waals surface area contributed by atoms with Crippen molar-refractivity contribution >= 4 is 110 Å². The number of anilines is 6. The number of thiophene rings is 1. The van der Waals surface area contributed by atoms with Crippen LogP contribution >= 0.6 is 11.3 Å². The number of para-hydroxylation sites is 1. The predicted octanol–water partition coefficient (Wildman–Crippen LogP) is 13.8. The molecule has 11 aromatic rings. The van der Waals surface area contributed by atoms with Gasteiger partial charge in [0.2, 0.25) is 0 Å². The van der Waals surface area contributed by atoms with Crippen molar-refractivity contribution in [1.82, 2.24) is 0 Å². The fraction of sp³-hybridized carbons (Fsp3) is 0. The highest BCUT2D eigenvalue weighted by atomic mass is 32.1. The maximum atomic E-state index is 2.59. The van der Waals surface area contributed by atoms with Gasteiger partial charge < -0.3 is 9.80 Å². The Morgan fingerprint density at radius 2 is 0.800 bits per heavy atom. The molecule has 13 rings (SSSR count). The zero-order chi connectivity index (χ0) is 39.3. The second-order valence-electron chi connectivity index (χ2n) is 15.9. The van der Waals surface area contributed by atoms with E-state index in [9.17, 15) is 0 Å². The molecule has 0 radical (unpaired) electrons. The molecule has 3 heterocycles. The van der Waals surface area contributed by atoms with E-state index in [1.54, 1.807) is 0 Å². The molecule has 0 atom stereocenters. The minimum absolute atomic E-state index is 0.00734. The van der Waals surface area contributed by atoms with E-state index in [1.807, 2.05) is 11.3 Å². The van der Waals surface area contributed by atoms with Gasteiger partial charge in [0, 0.05) is 48.7 Å². The standard InChI is InChI=1S/C56H35BN2S/c1-3-18-38(19-4-1)52-40-22-9-7-16-36(40)30-33-46(52)58-45-26-13-12-25-44(45)57-54-48(58)27-15-28-49(54)59(50-35-32-43-42-24-11-14-29-51(42)60-56(43)55(50)57)47-34-31-37-17-8-10-23-41(37)53(47)39-20-5-2-6-21-39/h1-35H. The Kier molecular flexibility index (Phi) is 7.30. The molecule has 1 aromatic heterocycles. The van der Waals surface area contributed by atoms with Gasteiger partial charge in [0.15, 0.2) is 0 Å². The Morgan fingerprint density at radius 3 is 1.45 bits per heavy atom. The molecule has 0 bridgehead atoms. The topological polar surface area (TPSA) is 6.48 Å². The number of benzene rings is 10. The fourth-order valence-corrected chi connectivity index (χ4v) is 11.7. The molecule has 0 N–H and O–H groups in total. The van der Waals surface area contributed by atoms with Crippen LogP contribution in [0.5, 0.6) is 0 Å². The highest BCUT2D eigenvalue weighted by Gasteiger charge is 2.45. The fourth-order valence-electron chi connectivity index (χ4n) is 10.4. The van der Waals surface area contributed by atoms with Gasteiger partial charge in [-0.05, 0) is 96.9 Å². The Bertz CT molecular complexity index is 3510. The van der Waals surface area contributed by atoms with Crippen molar-refractivity contribution in [3.05, 3.63) is 212 Å². The third-order valence-corrected chi connectivity index (χ3v) is 14.1. The average Bonchev–Trinajstić information content (AvgIpc) is 3.70. The van der Waals surface area contributed by atoms with E-state index in [-0.39, 0.29) is 6.71 Å². The van der Waals surface area contributed by atoms with Crippen molar-refractivity contribution in [2.75, 3.05) is 9.80 Å². The molecule has 0 fully saturated rings. The number of hydrogen-bond acceptors (Lipinski definition) is 3. The first-order valence-electron chi connectivity index (χ1n) is 20.7. The second kappa shape index (κ2) is 13.1. The molecule has 4 heteroatoms. The van der Waals surface area contributed by atoms with Gasteiger partial charge in [-0.25, -0.2) is 0 Å². The summed E-state index contributed by atoms with van der Waals surface area (Å²) in [7, 11) is 0. The molecule has 60 heavy (non-hydrogen) atoms. The minimum Gasteiger partial charge on any atom is -0.311 e. The summed E-state index contributed by atoms with van der Waals surface area (Å²) in [6.07, 6.45) is 0. The predicted molar refractivity (Wildman–Crippen MR) is 259 cm³/mol. The molecular formula is C56H35BN2S. The SMILES string of the molecule is c1ccc(-c2c(N3c4ccccc4B4c5c3cccc5N(c3ccc5ccccc5c3-c3ccccc3)c3ccc5c(sc6ccccc65)c34)ccc3ccccc23)cc1. The molecule has 0 amide bonds. The molecule has 0 saturated carbocycles. The minimum atomic E-state index is 0.00734. The van der Waals surface area contributed by atoms with Crippen LogP contribution in [-0.4, -0.2) is 6.71 Å². The van der Waals surface area contributed by atoms with Gasteiger partial charge in [0.05, 0.1) is 11.4 Å². The third-order valence-electron chi connectivity index (χ3n) is 12.8. The lowest BCUT2D eigenvalue weighted by atomic mass is 9.33. The first kappa shape index (κ1) is 33.6. The summed E-state index contributed by atoms with van der Waals surface area (Å²) in [5.74, 6) is 0. The van der Waals surface area contributed by atoms with Crippen LogP contribution < -0.4 is 26.2 Å². The molecule has 0 spiro atoms. The maximum absolute atomic E-state index is 2.59. The van der Waals surface area contributed by atoms with E-state index in [2.05, 4.69) is 222 Å². The summed E-state index contributed by atoms with van der Waals surface area (Å²) in [5, 5.41) is 7.58. The van der Waals surface area contributed by atoms with Crippen molar-refractivity contribution < 1.29 is 0 Å². The summed E-state index contributed by atoms with van der Waals surface area (Å²) >= 11 is 1.93. The van der Waals surface area contributed by atoms with Crippen molar-refractivity contribution in [2.24, 2.45) is 0 Å². The molecule has 0 unspecified atom stereocenters. The molecule has 10 aromatic carbocycles. The van der Waals surface area contributed by atoms with Crippen molar-refractivity contribution in [1.29, 1.82) is 0 Å². The average molecular weight is 779 g/mol. The monoisotopic (exact) mass is 778 g/mol. The van der Waals surface area contributed by atoms with E-state index in [4.69, 9.17) is 0 Å². The van der Waals surface area contributed by atoms with Gasteiger partial charge in [-0.15, -0.1) is 11.3 Å². The van der Waals surface area contributed by atoms with Crippen molar-refractivity contribution in [3.8, 4) is 22.3 Å². The van der Waals surface area contributed by atoms with Gasteiger partial charge in [0.1, 0.15) is 0 Å². The Morgan fingerprint density at radius 1 is 0.317 bits per heavy atom. The second-order valence-corrected chi connectivity index (χ2v) is 17.0. The van der Waals surface area contributed by atoms with E-state index < -0.39 is 0 Å². The van der Waals surface area contributed by atoms with Crippen LogP contribution in [0.3, 0.4) is 0 Å². The van der Waals surface area contributed by atoms with Crippen LogP contribution in [0, 0.1) is 0 Å². The number of nitrogens with zero attached hydrogens (tertiary/aromatic N) is 2. The van der Waals surface area contributed by atoms with E-state index in [0.717, 1.165) is 0 Å². The summed E-state index contributed by atoms with van der Waals surface area (Å²) in [6.45, 7) is 0.00734. The highest BCUT2D eigenvalue weighted by Crippen LogP contribution is 2.51. The Hall–Kier alpha value is -7.40. The molecule has 2 nitrogen and oxygen atoms in total. The van der Waals surface area contributed by atoms with Crippen LogP contribution in [0.25, 0.3) is 64.0 Å². The lowest BCUT2D eigenvalue weighted by molar-refractivity contribution is 1.26. The summed E-state index contributed by atoms with van der Waals surface area (Å²) in [4.78, 5) is 5.15. The van der Waals surface area contributed by atoms with Crippen LogP contribution in [0.1, 0.15) is 0 Å². The smallest absolute Gasteiger partial charge is 0.254 e. The molecule has 0 aliphatic carbocycles. The lowest BCUT2D eigenvalue weighted by Crippen LogP contribution is -2.61. The summed E-state index contributed by atoms with van der Waals surface area (Å²) < 4.78 is 2.67. The zero-order valence-corrected chi connectivity index (χ0v) is 33.4. The van der Waals surface area contributed by atoms with Gasteiger partial charge in [-0.1, -0.05) is 170 Å². The van der Waals surface area contributed by atoms with Crippen LogP contribution in [-0.2, 0) is 0 Å². The molecule has 278 valence electrons. The maximum Gasteiger partial charge on any atom is 0.254 e. The molecule has 2 aliphatic heterocycles. The Labute approximate surface area is 352 Å². The lowest BCUT2D eigenvalue weighted by Gasteiger charge is -2.45. The van der Waals surface area contributed by atoms with Crippen molar-refractivity contribution in [2.45, 2.75) is 0 Å². The van der Waals surface area contributed by atoms with Gasteiger partial charge in [-0.3, -0.25) is 0 Å². The summed E-state index contributed by atoms with van der Waals surface area (Å²) in [6, 6.07) is 78.7. The zero-order valence-electron chi connectivity index (χ0n) is 32.6. The number of fused-ring (bicyclic) bond motifs is 10. The van der Waals surface area contributed by atoms with E-state index in [0.29, 0.717) is 0 Å². The summed E-state index contributed by atoms with van der Waals surface area (Å²) in [5.41, 5.74) is 16.1. The first-order valence-corrected chi connectivity index (χ1v) is 21.5. The highest BCUT2D eigenvalue weighted by molar-refractivity contribution is 7.28. The van der Waals surface area contributed by atoms with E-state index >= 15 is 0 Å². The van der Waals surface area contributed by atoms with Gasteiger partial charge in [0.25, 0.3) is 6.71 Å². The molecular weight excluding hydrogens is 744 g/mol. The largest absolute Gasteiger partial charge is 0.311 e. The number of hydrogen-bond donors (Lipinski definition) is 0. The van der Waals surface area contributed by atoms with Crippen LogP contribution in [0.4, 0.5) is 34.1 Å². The Balaban J connectivity index is 1.17. The molecule has 2 aliphatic rings. The normalized spacial score (nSPS) is 12.9.